The van der Waals surface area contributed by atoms with Gasteiger partial charge in [0, 0.05) is 29.8 Å². The molecule has 18 heavy (non-hydrogen) atoms. The summed E-state index contributed by atoms with van der Waals surface area (Å²) in [6.07, 6.45) is 2.51. The minimum absolute atomic E-state index is 0.0237. The quantitative estimate of drug-likeness (QED) is 0.923. The lowest BCUT2D eigenvalue weighted by molar-refractivity contribution is 0.549. The van der Waals surface area contributed by atoms with Gasteiger partial charge in [-0.1, -0.05) is 31.3 Å². The van der Waals surface area contributed by atoms with Crippen LogP contribution in [0.2, 0.25) is 0 Å². The molecule has 1 atom stereocenters. The summed E-state index contributed by atoms with van der Waals surface area (Å²) in [5.74, 6) is 0. The molecule has 5 heteroatoms. The van der Waals surface area contributed by atoms with Gasteiger partial charge < -0.3 is 5.73 Å². The number of hydrogen-bond acceptors (Lipinski definition) is 5. The van der Waals surface area contributed by atoms with Crippen molar-refractivity contribution in [1.29, 1.82) is 0 Å². The zero-order valence-electron chi connectivity index (χ0n) is 10.9. The number of nitrogens with two attached hydrogens (primary N) is 1. The van der Waals surface area contributed by atoms with Gasteiger partial charge in [0.05, 0.1) is 10.6 Å². The van der Waals surface area contributed by atoms with Crippen LogP contribution in [0.15, 0.2) is 24.4 Å². The summed E-state index contributed by atoms with van der Waals surface area (Å²) in [6, 6.07) is 5.79. The van der Waals surface area contributed by atoms with Gasteiger partial charge in [-0.3, -0.25) is 4.98 Å². The molecule has 96 valence electrons. The van der Waals surface area contributed by atoms with Gasteiger partial charge in [-0.05, 0) is 23.7 Å². The topological polar surface area (TPSA) is 64.7 Å². The monoisotopic (exact) mass is 262 g/mol. The number of hydrogen-bond donors (Lipinski definition) is 1. The molecule has 0 spiro atoms. The van der Waals surface area contributed by atoms with Crippen molar-refractivity contribution in [2.75, 3.05) is 0 Å². The maximum Gasteiger partial charge on any atom is 0.0857 e. The highest BCUT2D eigenvalue weighted by Crippen LogP contribution is 2.30. The van der Waals surface area contributed by atoms with Crippen LogP contribution in [0.4, 0.5) is 0 Å². The molecule has 2 N–H and O–H groups in total. The van der Waals surface area contributed by atoms with E-state index in [9.17, 15) is 0 Å². The Balaban J connectivity index is 2.20. The Labute approximate surface area is 111 Å². The highest BCUT2D eigenvalue weighted by Gasteiger charge is 2.25. The molecule has 0 amide bonds. The normalized spacial score (nSPS) is 13.6. The van der Waals surface area contributed by atoms with Crippen molar-refractivity contribution >= 4 is 11.5 Å². The van der Waals surface area contributed by atoms with Crippen molar-refractivity contribution < 1.29 is 0 Å². The second-order valence-electron chi connectivity index (χ2n) is 5.37. The summed E-state index contributed by atoms with van der Waals surface area (Å²) in [6.45, 7) is 6.38. The Kier molecular flexibility index (Phi) is 3.73. The Morgan fingerprint density at radius 2 is 2.11 bits per heavy atom. The fourth-order valence-electron chi connectivity index (χ4n) is 1.80. The molecule has 0 bridgehead atoms. The number of rotatable bonds is 3. The van der Waals surface area contributed by atoms with Crippen LogP contribution in [-0.4, -0.2) is 14.6 Å². The largest absolute Gasteiger partial charge is 0.323 e. The highest BCUT2D eigenvalue weighted by molar-refractivity contribution is 7.05. The van der Waals surface area contributed by atoms with Crippen LogP contribution in [-0.2, 0) is 11.8 Å². The van der Waals surface area contributed by atoms with Crippen LogP contribution in [0.5, 0.6) is 0 Å². The lowest BCUT2D eigenvalue weighted by Crippen LogP contribution is -2.20. The Hall–Kier alpha value is -1.33. The second kappa shape index (κ2) is 5.12. The SMILES string of the molecule is CC(C)(C)c1nnsc1C(N)Cc1ccccn1. The first kappa shape index (κ1) is 13.1. The summed E-state index contributed by atoms with van der Waals surface area (Å²) in [5, 5.41) is 4.22. The molecule has 0 aliphatic carbocycles. The minimum Gasteiger partial charge on any atom is -0.323 e. The average Bonchev–Trinajstić information content (AvgIpc) is 2.79. The predicted molar refractivity (Wildman–Crippen MR) is 73.5 cm³/mol. The van der Waals surface area contributed by atoms with E-state index in [1.54, 1.807) is 6.20 Å². The van der Waals surface area contributed by atoms with Crippen LogP contribution < -0.4 is 5.73 Å². The third kappa shape index (κ3) is 2.91. The standard InChI is InChI=1S/C13H18N4S/c1-13(2,3)12-11(18-17-16-12)10(14)8-9-6-4-5-7-15-9/h4-7,10H,8,14H2,1-3H3. The summed E-state index contributed by atoms with van der Waals surface area (Å²) < 4.78 is 4.04. The zero-order valence-corrected chi connectivity index (χ0v) is 11.7. The van der Waals surface area contributed by atoms with E-state index in [0.717, 1.165) is 16.3 Å². The molecule has 0 saturated heterocycles. The van der Waals surface area contributed by atoms with Crippen molar-refractivity contribution in [2.45, 2.75) is 38.6 Å². The molecule has 0 fully saturated rings. The highest BCUT2D eigenvalue weighted by atomic mass is 32.1. The van der Waals surface area contributed by atoms with Gasteiger partial charge in [-0.25, -0.2) is 0 Å². The predicted octanol–water partition coefficient (Wildman–Crippen LogP) is 2.47. The van der Waals surface area contributed by atoms with Gasteiger partial charge >= 0.3 is 0 Å². The van der Waals surface area contributed by atoms with E-state index in [4.69, 9.17) is 5.73 Å². The molecular weight excluding hydrogens is 244 g/mol. The molecule has 1 unspecified atom stereocenters. The average molecular weight is 262 g/mol. The molecule has 2 aromatic heterocycles. The lowest BCUT2D eigenvalue weighted by atomic mass is 9.89. The molecule has 0 aliphatic heterocycles. The third-order valence-electron chi connectivity index (χ3n) is 2.72. The Morgan fingerprint density at radius 1 is 1.33 bits per heavy atom. The van der Waals surface area contributed by atoms with Gasteiger partial charge in [0.1, 0.15) is 0 Å². The molecule has 2 rings (SSSR count). The van der Waals surface area contributed by atoms with Crippen LogP contribution in [0, 0.1) is 0 Å². The van der Waals surface area contributed by atoms with E-state index in [0.29, 0.717) is 6.42 Å². The van der Waals surface area contributed by atoms with Gasteiger partial charge in [0.15, 0.2) is 0 Å². The summed E-state index contributed by atoms with van der Waals surface area (Å²) >= 11 is 1.39. The first-order chi connectivity index (χ1) is 8.48. The molecular formula is C13H18N4S. The fraction of sp³-hybridized carbons (Fsp3) is 0.462. The van der Waals surface area contributed by atoms with Crippen molar-refractivity contribution in [3.63, 3.8) is 0 Å². The van der Waals surface area contributed by atoms with E-state index in [1.165, 1.54) is 11.5 Å². The van der Waals surface area contributed by atoms with Crippen molar-refractivity contribution in [3.8, 4) is 0 Å². The third-order valence-corrected chi connectivity index (χ3v) is 3.57. The zero-order chi connectivity index (χ0) is 13.2. The second-order valence-corrected chi connectivity index (χ2v) is 6.15. The smallest absolute Gasteiger partial charge is 0.0857 e. The van der Waals surface area contributed by atoms with E-state index in [-0.39, 0.29) is 11.5 Å². The van der Waals surface area contributed by atoms with Crippen LogP contribution in [0.1, 0.15) is 43.1 Å². The Bertz CT molecular complexity index is 501. The number of aromatic nitrogens is 3. The van der Waals surface area contributed by atoms with Crippen LogP contribution in [0.25, 0.3) is 0 Å². The van der Waals surface area contributed by atoms with E-state index in [2.05, 4.69) is 35.3 Å². The maximum absolute atomic E-state index is 6.26. The fourth-order valence-corrected chi connectivity index (χ4v) is 2.66. The lowest BCUT2D eigenvalue weighted by Gasteiger charge is -2.19. The molecule has 2 aromatic rings. The Morgan fingerprint density at radius 3 is 2.72 bits per heavy atom. The van der Waals surface area contributed by atoms with Crippen molar-refractivity contribution in [3.05, 3.63) is 40.7 Å². The first-order valence-electron chi connectivity index (χ1n) is 5.96. The van der Waals surface area contributed by atoms with Gasteiger partial charge in [-0.2, -0.15) is 0 Å². The molecule has 4 nitrogen and oxygen atoms in total. The van der Waals surface area contributed by atoms with E-state index in [1.807, 2.05) is 18.2 Å². The number of nitrogens with zero attached hydrogens (tertiary/aromatic N) is 3. The van der Waals surface area contributed by atoms with Gasteiger partial charge in [0.2, 0.25) is 0 Å². The van der Waals surface area contributed by atoms with Crippen molar-refractivity contribution in [2.24, 2.45) is 5.73 Å². The first-order valence-corrected chi connectivity index (χ1v) is 6.74. The molecule has 0 aliphatic rings. The molecule has 0 saturated carbocycles. The van der Waals surface area contributed by atoms with E-state index < -0.39 is 0 Å². The van der Waals surface area contributed by atoms with Crippen molar-refractivity contribution in [1.82, 2.24) is 14.6 Å². The summed E-state index contributed by atoms with van der Waals surface area (Å²) in [7, 11) is 0. The summed E-state index contributed by atoms with van der Waals surface area (Å²) in [4.78, 5) is 5.37. The number of pyridine rings is 1. The molecule has 0 aromatic carbocycles. The minimum atomic E-state index is -0.0888. The molecule has 0 radical (unpaired) electrons. The van der Waals surface area contributed by atoms with Crippen LogP contribution in [0.3, 0.4) is 0 Å². The maximum atomic E-state index is 6.26. The molecule has 2 heterocycles. The summed E-state index contributed by atoms with van der Waals surface area (Å²) in [5.41, 5.74) is 8.23. The van der Waals surface area contributed by atoms with Gasteiger partial charge in [0.25, 0.3) is 0 Å². The van der Waals surface area contributed by atoms with Gasteiger partial charge in [-0.15, -0.1) is 5.10 Å². The van der Waals surface area contributed by atoms with E-state index >= 15 is 0 Å². The van der Waals surface area contributed by atoms with Crippen LogP contribution >= 0.6 is 11.5 Å².